The number of carbonyl (C=O) groups is 1. The fourth-order valence-corrected chi connectivity index (χ4v) is 3.52. The molecule has 1 aliphatic heterocycles. The van der Waals surface area contributed by atoms with E-state index < -0.39 is 0 Å². The first-order valence-corrected chi connectivity index (χ1v) is 8.81. The highest BCUT2D eigenvalue weighted by atomic mass is 32.1. The van der Waals surface area contributed by atoms with Crippen molar-refractivity contribution in [2.45, 2.75) is 0 Å². The first kappa shape index (κ1) is 16.7. The molecule has 0 saturated carbocycles. The SMILES string of the molecule is C=CCN1CCN(C(=O)c2csc(-c3ccc(OC)cc3)n2)CC1. The summed E-state index contributed by atoms with van der Waals surface area (Å²) in [7, 11) is 1.64. The van der Waals surface area contributed by atoms with Gasteiger partial charge < -0.3 is 9.64 Å². The van der Waals surface area contributed by atoms with Gasteiger partial charge in [0.25, 0.3) is 5.91 Å². The van der Waals surface area contributed by atoms with Gasteiger partial charge in [-0.2, -0.15) is 0 Å². The molecule has 0 spiro atoms. The third kappa shape index (κ3) is 3.66. The largest absolute Gasteiger partial charge is 0.497 e. The standard InChI is InChI=1S/C18H21N3O2S/c1-3-8-20-9-11-21(12-10-20)18(22)16-13-24-17(19-16)14-4-6-15(23-2)7-5-14/h3-7,13H,1,8-12H2,2H3. The summed E-state index contributed by atoms with van der Waals surface area (Å²) >= 11 is 1.49. The minimum Gasteiger partial charge on any atom is -0.497 e. The maximum Gasteiger partial charge on any atom is 0.273 e. The Bertz CT molecular complexity index is 703. The van der Waals surface area contributed by atoms with Crippen LogP contribution in [0.3, 0.4) is 0 Å². The molecule has 2 heterocycles. The molecular weight excluding hydrogens is 322 g/mol. The van der Waals surface area contributed by atoms with Crippen LogP contribution in [0.25, 0.3) is 10.6 Å². The molecule has 24 heavy (non-hydrogen) atoms. The molecule has 6 heteroatoms. The Balaban J connectivity index is 1.66. The fraction of sp³-hybridized carbons (Fsp3) is 0.333. The molecule has 0 atom stereocenters. The van der Waals surface area contributed by atoms with Crippen LogP contribution >= 0.6 is 11.3 Å². The van der Waals surface area contributed by atoms with Crippen LogP contribution in [0.4, 0.5) is 0 Å². The zero-order valence-electron chi connectivity index (χ0n) is 13.8. The van der Waals surface area contributed by atoms with Gasteiger partial charge in [0.05, 0.1) is 7.11 Å². The van der Waals surface area contributed by atoms with Crippen molar-refractivity contribution >= 4 is 17.2 Å². The summed E-state index contributed by atoms with van der Waals surface area (Å²) in [5, 5.41) is 2.70. The molecule has 1 amide bonds. The number of rotatable bonds is 5. The van der Waals surface area contributed by atoms with Gasteiger partial charge in [0.2, 0.25) is 0 Å². The van der Waals surface area contributed by atoms with Gasteiger partial charge in [-0.1, -0.05) is 6.08 Å². The maximum atomic E-state index is 12.6. The lowest BCUT2D eigenvalue weighted by Gasteiger charge is -2.33. The van der Waals surface area contributed by atoms with Gasteiger partial charge in [-0.3, -0.25) is 9.69 Å². The third-order valence-corrected chi connectivity index (χ3v) is 5.00. The van der Waals surface area contributed by atoms with E-state index in [4.69, 9.17) is 4.74 Å². The molecule has 1 saturated heterocycles. The van der Waals surface area contributed by atoms with Crippen molar-refractivity contribution in [1.82, 2.24) is 14.8 Å². The molecule has 5 nitrogen and oxygen atoms in total. The summed E-state index contributed by atoms with van der Waals surface area (Å²) in [6.07, 6.45) is 1.90. The van der Waals surface area contributed by atoms with E-state index in [-0.39, 0.29) is 5.91 Å². The Morgan fingerprint density at radius 3 is 2.62 bits per heavy atom. The zero-order valence-corrected chi connectivity index (χ0v) is 14.6. The number of carbonyl (C=O) groups excluding carboxylic acids is 1. The van der Waals surface area contributed by atoms with Crippen LogP contribution < -0.4 is 4.74 Å². The predicted octanol–water partition coefficient (Wildman–Crippen LogP) is 2.76. The summed E-state index contributed by atoms with van der Waals surface area (Å²) in [6, 6.07) is 7.72. The van der Waals surface area contributed by atoms with Crippen molar-refractivity contribution in [3.05, 3.63) is 48.0 Å². The van der Waals surface area contributed by atoms with Crippen LogP contribution in [0.5, 0.6) is 5.75 Å². The molecule has 2 aromatic rings. The van der Waals surface area contributed by atoms with Crippen molar-refractivity contribution in [2.24, 2.45) is 0 Å². The Labute approximate surface area is 146 Å². The first-order valence-electron chi connectivity index (χ1n) is 7.93. The van der Waals surface area contributed by atoms with E-state index in [0.29, 0.717) is 5.69 Å². The van der Waals surface area contributed by atoms with Gasteiger partial charge in [0.15, 0.2) is 0 Å². The lowest BCUT2D eigenvalue weighted by Crippen LogP contribution is -2.48. The molecule has 1 fully saturated rings. The average molecular weight is 343 g/mol. The summed E-state index contributed by atoms with van der Waals surface area (Å²) in [6.45, 7) is 7.88. The summed E-state index contributed by atoms with van der Waals surface area (Å²) < 4.78 is 5.17. The van der Waals surface area contributed by atoms with Crippen LogP contribution in [-0.4, -0.2) is 60.5 Å². The molecule has 1 aromatic heterocycles. The van der Waals surface area contributed by atoms with E-state index in [1.165, 1.54) is 11.3 Å². The number of hydrogen-bond donors (Lipinski definition) is 0. The van der Waals surface area contributed by atoms with E-state index in [1.807, 2.05) is 40.6 Å². The van der Waals surface area contributed by atoms with Gasteiger partial charge in [0.1, 0.15) is 16.5 Å². The quantitative estimate of drug-likeness (QED) is 0.783. The van der Waals surface area contributed by atoms with Crippen molar-refractivity contribution in [3.8, 4) is 16.3 Å². The minimum atomic E-state index is 0.0178. The molecule has 1 aromatic carbocycles. The number of methoxy groups -OCH3 is 1. The zero-order chi connectivity index (χ0) is 16.9. The highest BCUT2D eigenvalue weighted by Crippen LogP contribution is 2.26. The van der Waals surface area contributed by atoms with Crippen molar-refractivity contribution in [1.29, 1.82) is 0 Å². The highest BCUT2D eigenvalue weighted by Gasteiger charge is 2.23. The molecule has 0 radical (unpaired) electrons. The lowest BCUT2D eigenvalue weighted by molar-refractivity contribution is 0.0645. The Kier molecular flexibility index (Phi) is 5.27. The number of piperazine rings is 1. The number of amides is 1. The Hall–Kier alpha value is -2.18. The van der Waals surface area contributed by atoms with E-state index in [1.54, 1.807) is 7.11 Å². The van der Waals surface area contributed by atoms with Gasteiger partial charge in [0, 0.05) is 43.7 Å². The Morgan fingerprint density at radius 1 is 1.29 bits per heavy atom. The van der Waals surface area contributed by atoms with Gasteiger partial charge >= 0.3 is 0 Å². The topological polar surface area (TPSA) is 45.7 Å². The first-order chi connectivity index (χ1) is 11.7. The number of aromatic nitrogens is 1. The lowest BCUT2D eigenvalue weighted by atomic mass is 10.2. The fourth-order valence-electron chi connectivity index (χ4n) is 2.72. The van der Waals surface area contributed by atoms with Crippen LogP contribution in [0, 0.1) is 0 Å². The summed E-state index contributed by atoms with van der Waals surface area (Å²) in [5.41, 5.74) is 1.53. The van der Waals surface area contributed by atoms with Gasteiger partial charge in [-0.25, -0.2) is 4.98 Å². The molecular formula is C18H21N3O2S. The number of ether oxygens (including phenoxy) is 1. The second-order valence-electron chi connectivity index (χ2n) is 5.65. The van der Waals surface area contributed by atoms with Crippen LogP contribution in [0.2, 0.25) is 0 Å². The minimum absolute atomic E-state index is 0.0178. The molecule has 0 bridgehead atoms. The van der Waals surface area contributed by atoms with Crippen molar-refractivity contribution in [2.75, 3.05) is 39.8 Å². The second kappa shape index (κ2) is 7.59. The van der Waals surface area contributed by atoms with Crippen molar-refractivity contribution in [3.63, 3.8) is 0 Å². The Morgan fingerprint density at radius 2 is 2.00 bits per heavy atom. The summed E-state index contributed by atoms with van der Waals surface area (Å²) in [4.78, 5) is 21.3. The van der Waals surface area contributed by atoms with E-state index in [2.05, 4.69) is 16.5 Å². The van der Waals surface area contributed by atoms with Gasteiger partial charge in [-0.15, -0.1) is 17.9 Å². The number of nitrogens with zero attached hydrogens (tertiary/aromatic N) is 3. The highest BCUT2D eigenvalue weighted by molar-refractivity contribution is 7.13. The number of hydrogen-bond acceptors (Lipinski definition) is 5. The number of benzene rings is 1. The molecule has 3 rings (SSSR count). The van der Waals surface area contributed by atoms with Crippen LogP contribution in [-0.2, 0) is 0 Å². The van der Waals surface area contributed by atoms with E-state index in [0.717, 1.165) is 49.0 Å². The van der Waals surface area contributed by atoms with Crippen LogP contribution in [0.15, 0.2) is 42.3 Å². The van der Waals surface area contributed by atoms with E-state index in [9.17, 15) is 4.79 Å². The van der Waals surface area contributed by atoms with Crippen molar-refractivity contribution < 1.29 is 9.53 Å². The maximum absolute atomic E-state index is 12.6. The smallest absolute Gasteiger partial charge is 0.273 e. The molecule has 0 N–H and O–H groups in total. The molecule has 0 unspecified atom stereocenters. The molecule has 1 aliphatic rings. The van der Waals surface area contributed by atoms with Gasteiger partial charge in [-0.05, 0) is 24.3 Å². The normalized spacial score (nSPS) is 15.3. The second-order valence-corrected chi connectivity index (χ2v) is 6.51. The monoisotopic (exact) mass is 343 g/mol. The third-order valence-electron chi connectivity index (χ3n) is 4.11. The predicted molar refractivity (Wildman–Crippen MR) is 96.6 cm³/mol. The van der Waals surface area contributed by atoms with E-state index >= 15 is 0 Å². The van der Waals surface area contributed by atoms with Crippen LogP contribution in [0.1, 0.15) is 10.5 Å². The molecule has 126 valence electrons. The average Bonchev–Trinajstić information content (AvgIpc) is 3.12. The number of thiazole rings is 1. The molecule has 0 aliphatic carbocycles. The summed E-state index contributed by atoms with van der Waals surface area (Å²) in [5.74, 6) is 0.827.